The molecule has 1 unspecified atom stereocenters. The Kier molecular flexibility index (Phi) is 6.86. The van der Waals surface area contributed by atoms with Crippen LogP contribution in [0.25, 0.3) is 0 Å². The number of rotatable bonds is 7. The van der Waals surface area contributed by atoms with Crippen LogP contribution >= 0.6 is 11.6 Å². The van der Waals surface area contributed by atoms with Crippen LogP contribution in [-0.2, 0) is 11.2 Å². The Hall–Kier alpha value is -2.89. The van der Waals surface area contributed by atoms with Gasteiger partial charge >= 0.3 is 0 Å². The van der Waals surface area contributed by atoms with Crippen LogP contribution in [0.1, 0.15) is 28.7 Å². The smallest absolute Gasteiger partial charge is 0.257 e. The van der Waals surface area contributed by atoms with Gasteiger partial charge in [-0.05, 0) is 62.4 Å². The fraction of sp³-hybridized carbons (Fsp3) is 0.217. The average molecular weight is 411 g/mol. The van der Waals surface area contributed by atoms with Gasteiger partial charge in [-0.15, -0.1) is 0 Å². The van der Waals surface area contributed by atoms with E-state index >= 15 is 0 Å². The first-order chi connectivity index (χ1) is 13.9. The molecule has 0 bridgehead atoms. The van der Waals surface area contributed by atoms with Crippen molar-refractivity contribution in [2.45, 2.75) is 26.4 Å². The maximum atomic E-state index is 12.7. The van der Waals surface area contributed by atoms with E-state index in [0.717, 1.165) is 5.69 Å². The molecule has 0 fully saturated rings. The molecule has 3 rings (SSSR count). The number of amides is 1. The van der Waals surface area contributed by atoms with Gasteiger partial charge in [-0.25, -0.2) is 0 Å². The minimum absolute atomic E-state index is 0.0740. The molecular formula is C23H23ClN2O3. The molecule has 0 saturated carbocycles. The summed E-state index contributed by atoms with van der Waals surface area (Å²) in [7, 11) is 1.67. The van der Waals surface area contributed by atoms with Crippen molar-refractivity contribution in [1.29, 1.82) is 0 Å². The summed E-state index contributed by atoms with van der Waals surface area (Å²) in [5.74, 6) is 1.06. The number of anilines is 1. The molecule has 2 aromatic carbocycles. The fourth-order valence-corrected chi connectivity index (χ4v) is 2.95. The van der Waals surface area contributed by atoms with Crippen molar-refractivity contribution in [3.63, 3.8) is 0 Å². The lowest BCUT2D eigenvalue weighted by atomic mass is 10.1. The van der Waals surface area contributed by atoms with Gasteiger partial charge in [0.05, 0.1) is 17.4 Å². The molecule has 29 heavy (non-hydrogen) atoms. The molecule has 1 N–H and O–H groups in total. The first-order valence-corrected chi connectivity index (χ1v) is 9.66. The number of hydrogen-bond donors (Lipinski definition) is 1. The summed E-state index contributed by atoms with van der Waals surface area (Å²) in [6.45, 7) is 3.81. The molecule has 0 aliphatic heterocycles. The minimum atomic E-state index is -0.218. The van der Waals surface area contributed by atoms with Gasteiger partial charge in [0.1, 0.15) is 11.5 Å². The third-order valence-corrected chi connectivity index (χ3v) is 4.68. The minimum Gasteiger partial charge on any atom is -0.457 e. The molecule has 1 atom stereocenters. The number of aromatic nitrogens is 1. The summed E-state index contributed by atoms with van der Waals surface area (Å²) in [6, 6.07) is 18.0. The molecular weight excluding hydrogens is 388 g/mol. The van der Waals surface area contributed by atoms with Crippen LogP contribution in [0.15, 0.2) is 60.7 Å². The van der Waals surface area contributed by atoms with E-state index in [9.17, 15) is 4.79 Å². The number of nitrogens with zero attached hydrogens (tertiary/aromatic N) is 1. The predicted molar refractivity (Wildman–Crippen MR) is 115 cm³/mol. The lowest BCUT2D eigenvalue weighted by Crippen LogP contribution is -2.16. The second-order valence-corrected chi connectivity index (χ2v) is 7.16. The van der Waals surface area contributed by atoms with Crippen molar-refractivity contribution in [1.82, 2.24) is 4.98 Å². The number of pyridine rings is 1. The van der Waals surface area contributed by atoms with Gasteiger partial charge in [-0.2, -0.15) is 0 Å². The first-order valence-electron chi connectivity index (χ1n) is 9.29. The molecule has 3 aromatic rings. The summed E-state index contributed by atoms with van der Waals surface area (Å²) in [4.78, 5) is 17.2. The van der Waals surface area contributed by atoms with E-state index in [1.54, 1.807) is 43.5 Å². The van der Waals surface area contributed by atoms with E-state index in [0.29, 0.717) is 39.9 Å². The zero-order valence-electron chi connectivity index (χ0n) is 16.6. The van der Waals surface area contributed by atoms with Crippen molar-refractivity contribution >= 4 is 23.2 Å². The van der Waals surface area contributed by atoms with Gasteiger partial charge < -0.3 is 14.8 Å². The summed E-state index contributed by atoms with van der Waals surface area (Å²) >= 11 is 5.90. The molecule has 1 amide bonds. The number of halogens is 1. The van der Waals surface area contributed by atoms with Crippen molar-refractivity contribution < 1.29 is 14.3 Å². The van der Waals surface area contributed by atoms with E-state index in [1.165, 1.54) is 0 Å². The van der Waals surface area contributed by atoms with Gasteiger partial charge in [0.2, 0.25) is 0 Å². The van der Waals surface area contributed by atoms with Gasteiger partial charge in [-0.3, -0.25) is 9.78 Å². The van der Waals surface area contributed by atoms with Crippen LogP contribution in [0, 0.1) is 6.92 Å². The lowest BCUT2D eigenvalue weighted by molar-refractivity contribution is 0.102. The number of carbonyl (C=O) groups is 1. The number of benzene rings is 2. The highest BCUT2D eigenvalue weighted by Crippen LogP contribution is 2.25. The van der Waals surface area contributed by atoms with Crippen LogP contribution in [0.2, 0.25) is 5.02 Å². The maximum Gasteiger partial charge on any atom is 0.257 e. The molecule has 150 valence electrons. The molecule has 1 heterocycles. The Morgan fingerprint density at radius 1 is 1.10 bits per heavy atom. The standard InChI is InChI=1S/C23H23ClN2O3/c1-15(28-3)13-19-9-12-22(16(2)25-19)23(27)26-18-5-4-6-21(14-18)29-20-10-7-17(24)8-11-20/h4-12,14-15H,13H2,1-3H3,(H,26,27). The maximum absolute atomic E-state index is 12.7. The highest BCUT2D eigenvalue weighted by Gasteiger charge is 2.13. The van der Waals surface area contributed by atoms with Crippen LogP contribution < -0.4 is 10.1 Å². The Morgan fingerprint density at radius 2 is 1.86 bits per heavy atom. The molecule has 1 aromatic heterocycles. The van der Waals surface area contributed by atoms with Gasteiger partial charge in [0.25, 0.3) is 5.91 Å². The zero-order valence-corrected chi connectivity index (χ0v) is 17.4. The highest BCUT2D eigenvalue weighted by atomic mass is 35.5. The Bertz CT molecular complexity index is 990. The van der Waals surface area contributed by atoms with E-state index in [1.807, 2.05) is 38.1 Å². The quantitative estimate of drug-likeness (QED) is 0.545. The molecule has 6 heteroatoms. The van der Waals surface area contributed by atoms with Crippen LogP contribution in [0.4, 0.5) is 5.69 Å². The highest BCUT2D eigenvalue weighted by molar-refractivity contribution is 6.30. The number of hydrogen-bond acceptors (Lipinski definition) is 4. The van der Waals surface area contributed by atoms with Gasteiger partial charge in [-0.1, -0.05) is 17.7 Å². The third kappa shape index (κ3) is 5.79. The van der Waals surface area contributed by atoms with E-state index in [-0.39, 0.29) is 12.0 Å². The molecule has 0 saturated heterocycles. The van der Waals surface area contributed by atoms with E-state index in [2.05, 4.69) is 10.3 Å². The van der Waals surface area contributed by atoms with Crippen molar-refractivity contribution in [2.24, 2.45) is 0 Å². The number of nitrogens with one attached hydrogen (secondary N) is 1. The summed E-state index contributed by atoms with van der Waals surface area (Å²) < 4.78 is 11.1. The van der Waals surface area contributed by atoms with Crippen LogP contribution in [0.3, 0.4) is 0 Å². The normalized spacial score (nSPS) is 11.7. The second kappa shape index (κ2) is 9.54. The largest absolute Gasteiger partial charge is 0.457 e. The second-order valence-electron chi connectivity index (χ2n) is 6.72. The van der Waals surface area contributed by atoms with Gasteiger partial charge in [0, 0.05) is 36.0 Å². The van der Waals surface area contributed by atoms with Crippen molar-refractivity contribution in [2.75, 3.05) is 12.4 Å². The predicted octanol–water partition coefficient (Wildman–Crippen LogP) is 5.67. The van der Waals surface area contributed by atoms with Crippen LogP contribution in [-0.4, -0.2) is 24.1 Å². The zero-order chi connectivity index (χ0) is 20.8. The number of aryl methyl sites for hydroxylation is 1. The Balaban J connectivity index is 1.69. The average Bonchev–Trinajstić information content (AvgIpc) is 2.70. The molecule has 0 aliphatic carbocycles. The third-order valence-electron chi connectivity index (χ3n) is 4.43. The summed E-state index contributed by atoms with van der Waals surface area (Å²) in [5.41, 5.74) is 2.74. The Labute approximate surface area is 175 Å². The fourth-order valence-electron chi connectivity index (χ4n) is 2.82. The first kappa shape index (κ1) is 20.8. The van der Waals surface area contributed by atoms with Crippen LogP contribution in [0.5, 0.6) is 11.5 Å². The molecule has 5 nitrogen and oxygen atoms in total. The van der Waals surface area contributed by atoms with E-state index in [4.69, 9.17) is 21.1 Å². The molecule has 0 radical (unpaired) electrons. The van der Waals surface area contributed by atoms with Crippen molar-refractivity contribution in [3.05, 3.63) is 82.6 Å². The number of methoxy groups -OCH3 is 1. The van der Waals surface area contributed by atoms with Gasteiger partial charge in [0.15, 0.2) is 0 Å². The summed E-state index contributed by atoms with van der Waals surface area (Å²) in [6.07, 6.45) is 0.772. The lowest BCUT2D eigenvalue weighted by Gasteiger charge is -2.12. The Morgan fingerprint density at radius 3 is 2.55 bits per heavy atom. The molecule has 0 aliphatic rings. The molecule has 0 spiro atoms. The summed E-state index contributed by atoms with van der Waals surface area (Å²) in [5, 5.41) is 3.54. The topological polar surface area (TPSA) is 60.5 Å². The van der Waals surface area contributed by atoms with E-state index < -0.39 is 0 Å². The number of ether oxygens (including phenoxy) is 2. The monoisotopic (exact) mass is 410 g/mol. The van der Waals surface area contributed by atoms with Crippen molar-refractivity contribution in [3.8, 4) is 11.5 Å². The SMILES string of the molecule is COC(C)Cc1ccc(C(=O)Nc2cccc(Oc3ccc(Cl)cc3)c2)c(C)n1. The number of carbonyl (C=O) groups excluding carboxylic acids is 1.